The fourth-order valence-electron chi connectivity index (χ4n) is 8.27. The molecule has 0 saturated heterocycles. The highest BCUT2D eigenvalue weighted by atomic mass is 16.3. The van der Waals surface area contributed by atoms with Crippen LogP contribution in [0, 0.1) is 0 Å². The normalized spacial score (nSPS) is 13.7. The first-order chi connectivity index (χ1) is 31.8. The number of rotatable bonds is 8. The predicted molar refractivity (Wildman–Crippen MR) is 267 cm³/mol. The number of hydrogen-bond acceptors (Lipinski definition) is 3. The van der Waals surface area contributed by atoms with Gasteiger partial charge in [0.15, 0.2) is 0 Å². The molecule has 8 aromatic rings. The summed E-state index contributed by atoms with van der Waals surface area (Å²) in [6.45, 7) is 26.3. The van der Waals surface area contributed by atoms with E-state index < -0.39 is 6.04 Å². The number of pyridine rings is 1. The molecule has 0 aliphatic carbocycles. The van der Waals surface area contributed by atoms with Crippen molar-refractivity contribution >= 4 is 11.0 Å². The van der Waals surface area contributed by atoms with Crippen molar-refractivity contribution in [1.82, 2.24) is 14.5 Å². The highest BCUT2D eigenvalue weighted by Crippen LogP contribution is 2.46. The zero-order valence-corrected chi connectivity index (χ0v) is 39.0. The zero-order chi connectivity index (χ0) is 49.4. The lowest BCUT2D eigenvalue weighted by atomic mass is 9.78. The van der Waals surface area contributed by atoms with Crippen molar-refractivity contribution in [1.29, 1.82) is 0 Å². The molecule has 63 heavy (non-hydrogen) atoms. The number of hydrogen-bond donors (Lipinski definition) is 1. The van der Waals surface area contributed by atoms with Crippen LogP contribution in [0.25, 0.3) is 72.7 Å². The molecule has 1 N–H and O–H groups in total. The molecule has 320 valence electrons. The van der Waals surface area contributed by atoms with E-state index in [-0.39, 0.29) is 57.1 Å². The van der Waals surface area contributed by atoms with Gasteiger partial charge in [-0.2, -0.15) is 0 Å². The summed E-state index contributed by atoms with van der Waals surface area (Å²) < 4.78 is 44.6. The molecular formula is C59H63N3O. The highest BCUT2D eigenvalue weighted by molar-refractivity contribution is 5.98. The molecule has 0 unspecified atom stereocenters. The third-order valence-corrected chi connectivity index (χ3v) is 12.7. The molecule has 4 nitrogen and oxygen atoms in total. The minimum absolute atomic E-state index is 0.0746. The van der Waals surface area contributed by atoms with E-state index in [0.29, 0.717) is 22.6 Å². The van der Waals surface area contributed by atoms with E-state index in [1.807, 2.05) is 6.07 Å². The molecule has 0 amide bonds. The first-order valence-electron chi connectivity index (χ1n) is 24.6. The van der Waals surface area contributed by atoms with Gasteiger partial charge in [-0.25, -0.2) is 4.98 Å². The third kappa shape index (κ3) is 8.48. The fourth-order valence-corrected chi connectivity index (χ4v) is 8.27. The summed E-state index contributed by atoms with van der Waals surface area (Å²) in [5.74, 6) is 0.831. The number of aromatic hydroxyl groups is 1. The number of para-hydroxylation sites is 1. The SMILES string of the molecule is [2H]c1c([2H])c([2H])c(-c2ccnc(-c3cc(-c4cccc5c4nc(-c4cc(C(C)(C)C)cc(C(C)(C)C)c4O)n5-c4ccc(C(C)(C)CC)cc4-c4ccccc4)cc(C(C)(C)C)c3)c2)c([2H])c1[2H]. The van der Waals surface area contributed by atoms with Crippen LogP contribution in [-0.4, -0.2) is 19.6 Å². The lowest BCUT2D eigenvalue weighted by molar-refractivity contribution is 0.446. The summed E-state index contributed by atoms with van der Waals surface area (Å²) in [5.41, 5.74) is 12.5. The molecular weight excluding hydrogens is 767 g/mol. The number of phenolic OH excluding ortho intramolecular Hbond substituents is 1. The summed E-state index contributed by atoms with van der Waals surface area (Å²) in [7, 11) is 0. The van der Waals surface area contributed by atoms with E-state index in [0.717, 1.165) is 67.6 Å². The van der Waals surface area contributed by atoms with Crippen LogP contribution in [0.2, 0.25) is 0 Å². The van der Waals surface area contributed by atoms with Gasteiger partial charge in [0, 0.05) is 28.5 Å². The van der Waals surface area contributed by atoms with Gasteiger partial charge in [-0.1, -0.05) is 174 Å². The standard InChI is InChI=1S/C59H63N3O/c1-13-59(11,12)43-27-28-51(47(35-43)39-23-18-15-19-24-39)62-52-26-20-25-46(53(52)61-55(62)48-36-45(57(5,6)7)37-49(54(48)63)58(8,9)10)41-31-42(33-44(32-41)56(2,3)4)50-34-40(29-30-60-50)38-21-16-14-17-22-38/h14-37,63H,13H2,1-12H3/i14D,16D,17D,21D,22D. The monoisotopic (exact) mass is 835 g/mol. The van der Waals surface area contributed by atoms with Crippen LogP contribution in [-0.2, 0) is 21.7 Å². The maximum absolute atomic E-state index is 12.6. The van der Waals surface area contributed by atoms with Crippen LogP contribution >= 0.6 is 0 Å². The number of benzene rings is 6. The smallest absolute Gasteiger partial charge is 0.149 e. The fraction of sp³-hybridized carbons (Fsp3) is 0.288. The Hall–Kier alpha value is -6.26. The lowest BCUT2D eigenvalue weighted by Crippen LogP contribution is -2.17. The Balaban J connectivity index is 1.46. The molecule has 6 aromatic carbocycles. The maximum Gasteiger partial charge on any atom is 0.149 e. The second-order valence-corrected chi connectivity index (χ2v) is 20.7. The van der Waals surface area contributed by atoms with E-state index in [1.165, 1.54) is 5.56 Å². The van der Waals surface area contributed by atoms with Crippen molar-refractivity contribution < 1.29 is 12.0 Å². The van der Waals surface area contributed by atoms with Crippen molar-refractivity contribution in [2.45, 2.75) is 111 Å². The number of aromatic nitrogens is 3. The van der Waals surface area contributed by atoms with Gasteiger partial charge in [0.1, 0.15) is 11.6 Å². The molecule has 0 radical (unpaired) electrons. The molecule has 0 atom stereocenters. The zero-order valence-electron chi connectivity index (χ0n) is 44.0. The average Bonchev–Trinajstić information content (AvgIpc) is 3.68. The summed E-state index contributed by atoms with van der Waals surface area (Å²) in [6, 6.07) is 36.0. The van der Waals surface area contributed by atoms with Gasteiger partial charge in [0.05, 0.1) is 34.8 Å². The Morgan fingerprint density at radius 2 is 1.22 bits per heavy atom. The summed E-state index contributed by atoms with van der Waals surface area (Å²) in [6.07, 6.45) is 2.60. The molecule has 0 fully saturated rings. The van der Waals surface area contributed by atoms with Crippen molar-refractivity contribution in [2.24, 2.45) is 0 Å². The minimum atomic E-state index is -0.430. The van der Waals surface area contributed by atoms with Crippen molar-refractivity contribution in [3.05, 3.63) is 168 Å². The van der Waals surface area contributed by atoms with Gasteiger partial charge in [-0.15, -0.1) is 0 Å². The Morgan fingerprint density at radius 1 is 0.556 bits per heavy atom. The van der Waals surface area contributed by atoms with Crippen molar-refractivity contribution in [2.75, 3.05) is 0 Å². The first kappa shape index (κ1) is 37.3. The Bertz CT molecular complexity index is 3230. The van der Waals surface area contributed by atoms with E-state index in [9.17, 15) is 5.11 Å². The Morgan fingerprint density at radius 3 is 1.89 bits per heavy atom. The lowest BCUT2D eigenvalue weighted by Gasteiger charge is -2.28. The molecule has 4 heteroatoms. The Kier molecular flexibility index (Phi) is 9.56. The van der Waals surface area contributed by atoms with Crippen LogP contribution in [0.1, 0.15) is 119 Å². The number of nitrogens with zero attached hydrogens (tertiary/aromatic N) is 3. The molecule has 0 aliphatic rings. The van der Waals surface area contributed by atoms with Crippen LogP contribution in [0.3, 0.4) is 0 Å². The van der Waals surface area contributed by atoms with Gasteiger partial charge in [-0.3, -0.25) is 9.55 Å². The largest absolute Gasteiger partial charge is 0.507 e. The van der Waals surface area contributed by atoms with E-state index in [4.69, 9.17) is 16.8 Å². The minimum Gasteiger partial charge on any atom is -0.507 e. The Labute approximate surface area is 382 Å². The van der Waals surface area contributed by atoms with E-state index >= 15 is 0 Å². The molecule has 0 aliphatic heterocycles. The molecule has 2 heterocycles. The molecule has 0 spiro atoms. The van der Waals surface area contributed by atoms with Crippen molar-refractivity contribution in [3.63, 3.8) is 0 Å². The predicted octanol–water partition coefficient (Wildman–Crippen LogP) is 16.0. The van der Waals surface area contributed by atoms with Gasteiger partial charge >= 0.3 is 0 Å². The van der Waals surface area contributed by atoms with Crippen LogP contribution in [0.5, 0.6) is 5.75 Å². The number of phenols is 1. The molecule has 8 rings (SSSR count). The van der Waals surface area contributed by atoms with Gasteiger partial charge in [0.2, 0.25) is 0 Å². The highest BCUT2D eigenvalue weighted by Gasteiger charge is 2.30. The van der Waals surface area contributed by atoms with Gasteiger partial charge < -0.3 is 5.11 Å². The first-order valence-corrected chi connectivity index (χ1v) is 22.1. The number of imidazole rings is 1. The van der Waals surface area contributed by atoms with Crippen molar-refractivity contribution in [3.8, 4) is 67.5 Å². The summed E-state index contributed by atoms with van der Waals surface area (Å²) >= 11 is 0. The van der Waals surface area contributed by atoms with Crippen LogP contribution < -0.4 is 0 Å². The quantitative estimate of drug-likeness (QED) is 0.166. The average molecular weight is 835 g/mol. The maximum atomic E-state index is 12.6. The van der Waals surface area contributed by atoms with E-state index in [2.05, 4.69) is 179 Å². The van der Waals surface area contributed by atoms with Gasteiger partial charge in [-0.05, 0) is 116 Å². The second kappa shape index (κ2) is 16.1. The molecule has 2 aromatic heterocycles. The number of fused-ring (bicyclic) bond motifs is 1. The second-order valence-electron chi connectivity index (χ2n) is 20.7. The van der Waals surface area contributed by atoms with Gasteiger partial charge in [0.25, 0.3) is 0 Å². The summed E-state index contributed by atoms with van der Waals surface area (Å²) in [4.78, 5) is 10.5. The summed E-state index contributed by atoms with van der Waals surface area (Å²) in [5, 5.41) is 12.6. The van der Waals surface area contributed by atoms with Crippen LogP contribution in [0.4, 0.5) is 0 Å². The molecule has 0 saturated carbocycles. The molecule has 0 bridgehead atoms. The topological polar surface area (TPSA) is 50.9 Å². The van der Waals surface area contributed by atoms with E-state index in [1.54, 1.807) is 18.3 Å². The van der Waals surface area contributed by atoms with Crippen LogP contribution in [0.15, 0.2) is 146 Å². The third-order valence-electron chi connectivity index (χ3n) is 12.7.